The van der Waals surface area contributed by atoms with Crippen molar-refractivity contribution in [2.75, 3.05) is 0 Å². The van der Waals surface area contributed by atoms with E-state index in [2.05, 4.69) is 23.6 Å². The van der Waals surface area contributed by atoms with E-state index in [0.717, 1.165) is 0 Å². The summed E-state index contributed by atoms with van der Waals surface area (Å²) in [5.41, 5.74) is 1.29. The van der Waals surface area contributed by atoms with Gasteiger partial charge in [-0.25, -0.2) is 0 Å². The first-order chi connectivity index (χ1) is 4.88. The van der Waals surface area contributed by atoms with E-state index in [0.29, 0.717) is 0 Å². The molecule has 0 aliphatic carbocycles. The largest absolute Gasteiger partial charge is 0.290 e. The molecule has 52 valence electrons. The van der Waals surface area contributed by atoms with E-state index in [1.807, 2.05) is 12.1 Å². The highest BCUT2D eigenvalue weighted by Crippen LogP contribution is 2.39. The van der Waals surface area contributed by atoms with Crippen molar-refractivity contribution in [3.05, 3.63) is 35.2 Å². The van der Waals surface area contributed by atoms with Crippen LogP contribution in [0.25, 0.3) is 6.08 Å². The van der Waals surface area contributed by atoms with Crippen LogP contribution in [0.3, 0.4) is 0 Å². The van der Waals surface area contributed by atoms with Crippen LogP contribution in [-0.4, -0.2) is 0 Å². The number of hydrogen-bond acceptors (Lipinski definition) is 1. The molecule has 0 spiro atoms. The second-order valence-electron chi connectivity index (χ2n) is 2.28. The lowest BCUT2D eigenvalue weighted by Crippen LogP contribution is -1.87. The number of rotatable bonds is 0. The molecule has 1 unspecified atom stereocenters. The monoisotopic (exact) mass is 151 g/mol. The van der Waals surface area contributed by atoms with Gasteiger partial charge in [0.2, 0.25) is 0 Å². The van der Waals surface area contributed by atoms with E-state index in [4.69, 9.17) is 5.14 Å². The van der Waals surface area contributed by atoms with Gasteiger partial charge in [-0.05, 0) is 23.1 Å². The van der Waals surface area contributed by atoms with Gasteiger partial charge in [-0.3, -0.25) is 5.14 Å². The van der Waals surface area contributed by atoms with E-state index < -0.39 is 11.1 Å². The van der Waals surface area contributed by atoms with Crippen molar-refractivity contribution in [3.8, 4) is 0 Å². The molecule has 1 nitrogen and oxygen atoms in total. The van der Waals surface area contributed by atoms with Gasteiger partial charge in [0.15, 0.2) is 0 Å². The first-order valence-electron chi connectivity index (χ1n) is 3.19. The number of nitrogens with two attached hydrogens (primary N) is 1. The molecule has 1 aromatic carbocycles. The molecule has 2 N–H and O–H groups in total. The van der Waals surface area contributed by atoms with Crippen molar-refractivity contribution in [1.82, 2.24) is 0 Å². The van der Waals surface area contributed by atoms with Crippen LogP contribution < -0.4 is 5.14 Å². The Labute approximate surface area is 63.0 Å². The lowest BCUT2D eigenvalue weighted by molar-refractivity contribution is 1.43. The topological polar surface area (TPSA) is 26.0 Å². The maximum Gasteiger partial charge on any atom is 0.0103 e. The van der Waals surface area contributed by atoms with Gasteiger partial charge >= 0.3 is 0 Å². The van der Waals surface area contributed by atoms with Crippen LogP contribution in [0.15, 0.2) is 34.6 Å². The molecule has 10 heavy (non-hydrogen) atoms. The highest BCUT2D eigenvalue weighted by atomic mass is 32.2. The minimum Gasteiger partial charge on any atom is -0.290 e. The Morgan fingerprint density at radius 1 is 1.20 bits per heavy atom. The summed E-state index contributed by atoms with van der Waals surface area (Å²) in [4.78, 5) is 1.30. The maximum absolute atomic E-state index is 5.82. The maximum atomic E-state index is 5.82. The summed E-state index contributed by atoms with van der Waals surface area (Å²) in [6.07, 6.45) is 2.10. The predicted molar refractivity (Wildman–Crippen MR) is 46.9 cm³/mol. The number of fused-ring (bicyclic) bond motifs is 1. The van der Waals surface area contributed by atoms with Crippen LogP contribution in [0.2, 0.25) is 0 Å². The average Bonchev–Trinajstić information content (AvgIpc) is 2.34. The highest BCUT2D eigenvalue weighted by Gasteiger charge is 2.07. The van der Waals surface area contributed by atoms with Gasteiger partial charge in [-0.2, -0.15) is 11.1 Å². The first kappa shape index (κ1) is 6.01. The summed E-state index contributed by atoms with van der Waals surface area (Å²) < 4.78 is 0. The highest BCUT2D eigenvalue weighted by molar-refractivity contribution is 8.18. The molecule has 1 aliphatic heterocycles. The third kappa shape index (κ3) is 0.770. The fourth-order valence-corrected chi connectivity index (χ4v) is 2.29. The molecule has 2 heteroatoms. The van der Waals surface area contributed by atoms with Crippen LogP contribution in [0.4, 0.5) is 0 Å². The van der Waals surface area contributed by atoms with Gasteiger partial charge in [0.05, 0.1) is 0 Å². The zero-order valence-electron chi connectivity index (χ0n) is 5.49. The summed E-state index contributed by atoms with van der Waals surface area (Å²) >= 11 is -0.461. The Balaban J connectivity index is 2.59. The smallest absolute Gasteiger partial charge is 0.0103 e. The van der Waals surface area contributed by atoms with E-state index in [9.17, 15) is 0 Å². The molecule has 0 fully saturated rings. The Morgan fingerprint density at radius 2 is 2.00 bits per heavy atom. The summed E-state index contributed by atoms with van der Waals surface area (Å²) in [6, 6.07) is 8.27. The van der Waals surface area contributed by atoms with Crippen LogP contribution in [0.5, 0.6) is 0 Å². The second-order valence-corrected chi connectivity index (χ2v) is 3.88. The molecule has 0 aromatic heterocycles. The second kappa shape index (κ2) is 2.15. The Hall–Kier alpha value is -0.730. The Kier molecular flexibility index (Phi) is 1.29. The molecule has 1 aliphatic rings. The molecular formula is C8H9NS. The molecule has 1 atom stereocenters. The van der Waals surface area contributed by atoms with Crippen molar-refractivity contribution in [3.63, 3.8) is 0 Å². The molecule has 0 bridgehead atoms. The van der Waals surface area contributed by atoms with Gasteiger partial charge in [0.1, 0.15) is 0 Å². The molecule has 2 rings (SSSR count). The fourth-order valence-electron chi connectivity index (χ4n) is 1.10. The average molecular weight is 151 g/mol. The van der Waals surface area contributed by atoms with Crippen molar-refractivity contribution >= 4 is 17.2 Å². The zero-order valence-corrected chi connectivity index (χ0v) is 6.38. The predicted octanol–water partition coefficient (Wildman–Crippen LogP) is 1.90. The molecule has 1 aromatic rings. The number of hydrogen-bond donors (Lipinski definition) is 2. The fraction of sp³-hybridized carbons (Fsp3) is 0. The van der Waals surface area contributed by atoms with Crippen molar-refractivity contribution in [2.45, 2.75) is 4.90 Å². The van der Waals surface area contributed by atoms with Gasteiger partial charge < -0.3 is 0 Å². The van der Waals surface area contributed by atoms with Crippen LogP contribution in [0, 0.1) is 0 Å². The summed E-state index contributed by atoms with van der Waals surface area (Å²) in [6.45, 7) is 0. The quantitative estimate of drug-likeness (QED) is 0.544. The van der Waals surface area contributed by atoms with Gasteiger partial charge in [0, 0.05) is 4.90 Å². The van der Waals surface area contributed by atoms with Crippen LogP contribution in [-0.2, 0) is 0 Å². The standard InChI is InChI=1S/C8H9NS/c9-10-6-5-7-3-1-2-4-8(7)10/h1-6,10H,9H2. The van der Waals surface area contributed by atoms with E-state index in [1.54, 1.807) is 0 Å². The summed E-state index contributed by atoms with van der Waals surface area (Å²) in [5.74, 6) is 0. The third-order valence-corrected chi connectivity index (χ3v) is 3.06. The van der Waals surface area contributed by atoms with Gasteiger partial charge in [0.25, 0.3) is 0 Å². The number of benzene rings is 1. The van der Waals surface area contributed by atoms with Crippen LogP contribution >= 0.6 is 11.1 Å². The number of thiol groups is 1. The van der Waals surface area contributed by atoms with Crippen molar-refractivity contribution in [2.24, 2.45) is 5.14 Å². The van der Waals surface area contributed by atoms with Gasteiger partial charge in [-0.1, -0.05) is 18.2 Å². The normalized spacial score (nSPS) is 24.7. The Bertz CT molecular complexity index is 280. The lowest BCUT2D eigenvalue weighted by atomic mass is 10.2. The van der Waals surface area contributed by atoms with Crippen molar-refractivity contribution < 1.29 is 0 Å². The molecule has 0 amide bonds. The van der Waals surface area contributed by atoms with Gasteiger partial charge in [-0.15, -0.1) is 0 Å². The zero-order chi connectivity index (χ0) is 6.97. The molecule has 0 saturated carbocycles. The first-order valence-corrected chi connectivity index (χ1v) is 4.67. The molecule has 1 heterocycles. The van der Waals surface area contributed by atoms with E-state index >= 15 is 0 Å². The van der Waals surface area contributed by atoms with E-state index in [1.165, 1.54) is 10.5 Å². The van der Waals surface area contributed by atoms with E-state index in [-0.39, 0.29) is 0 Å². The minimum atomic E-state index is -0.461. The Morgan fingerprint density at radius 3 is 2.80 bits per heavy atom. The lowest BCUT2D eigenvalue weighted by Gasteiger charge is -2.06. The molecule has 0 saturated heterocycles. The summed E-state index contributed by atoms with van der Waals surface area (Å²) in [7, 11) is 0. The molecular weight excluding hydrogens is 142 g/mol. The minimum absolute atomic E-state index is 0.461. The van der Waals surface area contributed by atoms with Crippen molar-refractivity contribution in [1.29, 1.82) is 0 Å². The van der Waals surface area contributed by atoms with Crippen LogP contribution in [0.1, 0.15) is 5.56 Å². The molecule has 0 radical (unpaired) electrons. The SMILES string of the molecule is N[SH]1C=Cc2ccccc21. The third-order valence-electron chi connectivity index (χ3n) is 1.63. The summed E-state index contributed by atoms with van der Waals surface area (Å²) in [5, 5.41) is 7.91.